The highest BCUT2D eigenvalue weighted by molar-refractivity contribution is 5.94. The van der Waals surface area contributed by atoms with Crippen LogP contribution in [-0.4, -0.2) is 26.7 Å². The van der Waals surface area contributed by atoms with Crippen LogP contribution in [0.4, 0.5) is 0 Å². The van der Waals surface area contributed by atoms with E-state index in [1.165, 1.54) is 0 Å². The van der Waals surface area contributed by atoms with Gasteiger partial charge in [-0.3, -0.25) is 9.59 Å². The van der Waals surface area contributed by atoms with Crippen LogP contribution < -0.4 is 5.32 Å². The fourth-order valence-electron chi connectivity index (χ4n) is 2.79. The van der Waals surface area contributed by atoms with E-state index < -0.39 is 11.6 Å². The lowest BCUT2D eigenvalue weighted by molar-refractivity contribution is -0.120. The summed E-state index contributed by atoms with van der Waals surface area (Å²) in [5.74, 6) is -0.0795. The first kappa shape index (κ1) is 20.6. The molecular formula is C21H28N4O2. The SMILES string of the molecule is CC=CCC(C(C)=O)n1cc(C(C)(NC(=O)c2ccccc2)C(C)C)nn1. The largest absolute Gasteiger partial charge is 0.341 e. The van der Waals surface area contributed by atoms with E-state index in [9.17, 15) is 9.59 Å². The maximum atomic E-state index is 12.7. The minimum atomic E-state index is -0.715. The second-order valence-electron chi connectivity index (χ2n) is 7.19. The Bertz CT molecular complexity index is 811. The Kier molecular flexibility index (Phi) is 6.66. The van der Waals surface area contributed by atoms with Gasteiger partial charge < -0.3 is 5.32 Å². The van der Waals surface area contributed by atoms with Gasteiger partial charge in [0.05, 0.1) is 11.7 Å². The first-order valence-electron chi connectivity index (χ1n) is 9.21. The van der Waals surface area contributed by atoms with Crippen LogP contribution in [0.3, 0.4) is 0 Å². The minimum absolute atomic E-state index is 0.0177. The fraction of sp³-hybridized carbons (Fsp3) is 0.429. The second kappa shape index (κ2) is 8.75. The number of benzene rings is 1. The Labute approximate surface area is 160 Å². The van der Waals surface area contributed by atoms with Gasteiger partial charge in [-0.1, -0.05) is 49.4 Å². The molecule has 6 heteroatoms. The molecule has 2 rings (SSSR count). The molecule has 0 fully saturated rings. The average Bonchev–Trinajstić information content (AvgIpc) is 3.12. The summed E-state index contributed by atoms with van der Waals surface area (Å²) < 4.78 is 1.59. The van der Waals surface area contributed by atoms with Gasteiger partial charge in [0.2, 0.25) is 0 Å². The summed E-state index contributed by atoms with van der Waals surface area (Å²) in [4.78, 5) is 24.7. The van der Waals surface area contributed by atoms with Crippen LogP contribution in [0, 0.1) is 5.92 Å². The Balaban J connectivity index is 2.32. The van der Waals surface area contributed by atoms with Crippen LogP contribution in [0.15, 0.2) is 48.7 Å². The normalized spacial score (nSPS) is 14.9. The van der Waals surface area contributed by atoms with Crippen molar-refractivity contribution in [1.82, 2.24) is 20.3 Å². The van der Waals surface area contributed by atoms with Gasteiger partial charge in [0.15, 0.2) is 5.78 Å². The number of carbonyl (C=O) groups excluding carboxylic acids is 2. The zero-order valence-corrected chi connectivity index (χ0v) is 16.6. The van der Waals surface area contributed by atoms with E-state index in [1.807, 2.05) is 58.0 Å². The van der Waals surface area contributed by atoms with E-state index in [0.29, 0.717) is 17.7 Å². The summed E-state index contributed by atoms with van der Waals surface area (Å²) in [6, 6.07) is 8.68. The lowest BCUT2D eigenvalue weighted by atomic mass is 9.85. The number of amides is 1. The van der Waals surface area contributed by atoms with Crippen molar-refractivity contribution in [3.8, 4) is 0 Å². The van der Waals surface area contributed by atoms with Crippen LogP contribution >= 0.6 is 0 Å². The molecule has 0 saturated heterocycles. The third kappa shape index (κ3) is 4.70. The van der Waals surface area contributed by atoms with Crippen molar-refractivity contribution in [2.45, 2.75) is 52.6 Å². The van der Waals surface area contributed by atoms with E-state index in [0.717, 1.165) is 0 Å². The summed E-state index contributed by atoms with van der Waals surface area (Å²) >= 11 is 0. The lowest BCUT2D eigenvalue weighted by Crippen LogP contribution is -2.47. The molecule has 0 saturated carbocycles. The number of Topliss-reactive ketones (excluding diaryl/α,β-unsaturated/α-hetero) is 1. The molecule has 0 radical (unpaired) electrons. The third-order valence-electron chi connectivity index (χ3n) is 4.99. The third-order valence-corrected chi connectivity index (χ3v) is 4.99. The number of rotatable bonds is 8. The van der Waals surface area contributed by atoms with Crippen molar-refractivity contribution in [1.29, 1.82) is 0 Å². The smallest absolute Gasteiger partial charge is 0.252 e. The number of nitrogens with zero attached hydrogens (tertiary/aromatic N) is 3. The summed E-state index contributed by atoms with van der Waals surface area (Å²) in [5, 5.41) is 11.6. The van der Waals surface area contributed by atoms with Crippen molar-refractivity contribution < 1.29 is 9.59 Å². The van der Waals surface area contributed by atoms with Crippen molar-refractivity contribution in [2.24, 2.45) is 5.92 Å². The maximum absolute atomic E-state index is 12.7. The molecule has 27 heavy (non-hydrogen) atoms. The van der Waals surface area contributed by atoms with E-state index in [2.05, 4.69) is 15.6 Å². The van der Waals surface area contributed by atoms with Crippen molar-refractivity contribution in [2.75, 3.05) is 0 Å². The van der Waals surface area contributed by atoms with E-state index in [-0.39, 0.29) is 17.6 Å². The van der Waals surface area contributed by atoms with Crippen LogP contribution in [0.5, 0.6) is 0 Å². The summed E-state index contributed by atoms with van der Waals surface area (Å²) in [7, 11) is 0. The predicted octanol–water partition coefficient (Wildman–Crippen LogP) is 3.68. The van der Waals surface area contributed by atoms with Crippen molar-refractivity contribution in [3.63, 3.8) is 0 Å². The molecule has 1 heterocycles. The van der Waals surface area contributed by atoms with Gasteiger partial charge >= 0.3 is 0 Å². The molecule has 1 aromatic carbocycles. The van der Waals surface area contributed by atoms with Gasteiger partial charge in [-0.05, 0) is 45.2 Å². The number of nitrogens with one attached hydrogen (secondary N) is 1. The summed E-state index contributed by atoms with van der Waals surface area (Å²) in [6.07, 6.45) is 6.17. The molecule has 0 aliphatic heterocycles. The number of carbonyl (C=O) groups is 2. The highest BCUT2D eigenvalue weighted by atomic mass is 16.2. The van der Waals surface area contributed by atoms with Gasteiger partial charge in [-0.25, -0.2) is 4.68 Å². The molecule has 0 bridgehead atoms. The Morgan fingerprint density at radius 1 is 1.26 bits per heavy atom. The van der Waals surface area contributed by atoms with Crippen LogP contribution in [0.25, 0.3) is 0 Å². The quantitative estimate of drug-likeness (QED) is 0.721. The zero-order chi connectivity index (χ0) is 20.0. The molecule has 2 unspecified atom stereocenters. The molecule has 1 aromatic heterocycles. The molecule has 144 valence electrons. The van der Waals surface area contributed by atoms with E-state index >= 15 is 0 Å². The first-order chi connectivity index (χ1) is 12.8. The maximum Gasteiger partial charge on any atom is 0.252 e. The van der Waals surface area contributed by atoms with Gasteiger partial charge in [-0.15, -0.1) is 5.10 Å². The molecule has 0 aliphatic carbocycles. The second-order valence-corrected chi connectivity index (χ2v) is 7.19. The molecule has 2 aromatic rings. The number of hydrogen-bond acceptors (Lipinski definition) is 4. The topological polar surface area (TPSA) is 76.9 Å². The van der Waals surface area contributed by atoms with Crippen LogP contribution in [0.1, 0.15) is 63.1 Å². The Morgan fingerprint density at radius 2 is 1.93 bits per heavy atom. The van der Waals surface area contributed by atoms with Gasteiger partial charge in [-0.2, -0.15) is 0 Å². The zero-order valence-electron chi connectivity index (χ0n) is 16.6. The summed E-state index contributed by atoms with van der Waals surface area (Å²) in [6.45, 7) is 9.44. The molecule has 1 amide bonds. The first-order valence-corrected chi connectivity index (χ1v) is 9.21. The Hall–Kier alpha value is -2.76. The lowest BCUT2D eigenvalue weighted by Gasteiger charge is -2.33. The highest BCUT2D eigenvalue weighted by Crippen LogP contribution is 2.29. The van der Waals surface area contributed by atoms with Crippen LogP contribution in [0.2, 0.25) is 0 Å². The number of hydrogen-bond donors (Lipinski definition) is 1. The standard InChI is InChI=1S/C21H28N4O2/c1-6-7-13-18(16(4)26)25-14-19(23-24-25)21(5,15(2)3)22-20(27)17-11-9-8-10-12-17/h6-12,14-15,18H,13H2,1-5H3,(H,22,27). The molecular weight excluding hydrogens is 340 g/mol. The minimum Gasteiger partial charge on any atom is -0.341 e. The molecule has 2 atom stereocenters. The summed E-state index contributed by atoms with van der Waals surface area (Å²) in [5.41, 5.74) is 0.507. The predicted molar refractivity (Wildman–Crippen MR) is 105 cm³/mol. The molecule has 0 aliphatic rings. The van der Waals surface area contributed by atoms with Crippen molar-refractivity contribution in [3.05, 3.63) is 59.9 Å². The van der Waals surface area contributed by atoms with E-state index in [1.54, 1.807) is 29.9 Å². The fourth-order valence-corrected chi connectivity index (χ4v) is 2.79. The van der Waals surface area contributed by atoms with Crippen LogP contribution in [-0.2, 0) is 10.3 Å². The number of aromatic nitrogens is 3. The average molecular weight is 368 g/mol. The van der Waals surface area contributed by atoms with Gasteiger partial charge in [0.1, 0.15) is 11.7 Å². The molecule has 6 nitrogen and oxygen atoms in total. The van der Waals surface area contributed by atoms with Gasteiger partial charge in [0.25, 0.3) is 5.91 Å². The monoisotopic (exact) mass is 368 g/mol. The number of allylic oxidation sites excluding steroid dienone is 2. The van der Waals surface area contributed by atoms with E-state index in [4.69, 9.17) is 0 Å². The number of ketones is 1. The Morgan fingerprint density at radius 3 is 2.48 bits per heavy atom. The highest BCUT2D eigenvalue weighted by Gasteiger charge is 2.36. The molecule has 1 N–H and O–H groups in total. The molecule has 0 spiro atoms. The van der Waals surface area contributed by atoms with Crippen molar-refractivity contribution >= 4 is 11.7 Å². The van der Waals surface area contributed by atoms with Gasteiger partial charge in [0, 0.05) is 5.56 Å².